The molecule has 9 nitrogen and oxygen atoms in total. The van der Waals surface area contributed by atoms with Crippen molar-refractivity contribution in [1.82, 2.24) is 5.32 Å². The molecule has 0 radical (unpaired) electrons. The number of nitrogens with zero attached hydrogens (tertiary/aromatic N) is 3. The molecule has 3 atom stereocenters. The van der Waals surface area contributed by atoms with Crippen LogP contribution in [0.15, 0.2) is 34.4 Å². The molecule has 3 unspecified atom stereocenters. The SMILES string of the molecule is CC1CC=C(C(=O)NCC2CN(c3ccc(N4CCC(N)C4)c(N=O)c3)C(=O)O2)S1. The Balaban J connectivity index is 1.39. The topological polar surface area (TPSA) is 117 Å². The minimum absolute atomic E-state index is 0.0790. The molecule has 160 valence electrons. The second-order valence-corrected chi connectivity index (χ2v) is 9.30. The standard InChI is InChI=1S/C20H25N5O4S/c1-12-2-5-18(30-12)19(26)22-9-15-11-25(20(27)29-15)14-3-4-17(16(8-14)23-28)24-7-6-13(21)10-24/h3-5,8,12-13,15H,2,6-7,9-11,21H2,1H3,(H,22,26). The van der Waals surface area contributed by atoms with Gasteiger partial charge in [0.15, 0.2) is 0 Å². The van der Waals surface area contributed by atoms with Gasteiger partial charge < -0.3 is 20.7 Å². The Labute approximate surface area is 178 Å². The number of anilines is 2. The maximum atomic E-state index is 12.4. The van der Waals surface area contributed by atoms with E-state index in [9.17, 15) is 14.5 Å². The number of thioether (sulfide) groups is 1. The van der Waals surface area contributed by atoms with Crippen molar-refractivity contribution in [2.75, 3.05) is 36.0 Å². The molecule has 10 heteroatoms. The van der Waals surface area contributed by atoms with Crippen LogP contribution in [0.2, 0.25) is 0 Å². The lowest BCUT2D eigenvalue weighted by atomic mass is 10.2. The molecule has 4 rings (SSSR count). The van der Waals surface area contributed by atoms with Crippen LogP contribution in [0.4, 0.5) is 21.9 Å². The van der Waals surface area contributed by atoms with Gasteiger partial charge in [0.2, 0.25) is 0 Å². The van der Waals surface area contributed by atoms with Gasteiger partial charge in [-0.1, -0.05) is 13.0 Å². The van der Waals surface area contributed by atoms with Crippen molar-refractivity contribution in [1.29, 1.82) is 0 Å². The fourth-order valence-electron chi connectivity index (χ4n) is 3.89. The van der Waals surface area contributed by atoms with Gasteiger partial charge in [-0.05, 0) is 36.2 Å². The van der Waals surface area contributed by atoms with Crippen LogP contribution < -0.4 is 20.9 Å². The van der Waals surface area contributed by atoms with Crippen molar-refractivity contribution in [3.63, 3.8) is 0 Å². The van der Waals surface area contributed by atoms with E-state index in [4.69, 9.17) is 10.5 Å². The molecule has 0 saturated carbocycles. The van der Waals surface area contributed by atoms with Gasteiger partial charge in [0.1, 0.15) is 11.8 Å². The monoisotopic (exact) mass is 431 g/mol. The van der Waals surface area contributed by atoms with E-state index in [-0.39, 0.29) is 30.7 Å². The Morgan fingerprint density at radius 1 is 1.40 bits per heavy atom. The third kappa shape index (κ3) is 4.29. The van der Waals surface area contributed by atoms with E-state index < -0.39 is 12.2 Å². The molecule has 0 aliphatic carbocycles. The molecule has 2 amide bonds. The van der Waals surface area contributed by atoms with Crippen molar-refractivity contribution in [2.24, 2.45) is 10.9 Å². The summed E-state index contributed by atoms with van der Waals surface area (Å²) in [5.74, 6) is -0.139. The van der Waals surface area contributed by atoms with Crippen molar-refractivity contribution < 1.29 is 14.3 Å². The number of benzene rings is 1. The first kappa shape index (κ1) is 20.7. The summed E-state index contributed by atoms with van der Waals surface area (Å²) < 4.78 is 5.39. The third-order valence-corrected chi connectivity index (χ3v) is 6.69. The summed E-state index contributed by atoms with van der Waals surface area (Å²) in [5, 5.41) is 6.39. The predicted octanol–water partition coefficient (Wildman–Crippen LogP) is 2.47. The van der Waals surface area contributed by atoms with Gasteiger partial charge in [0.25, 0.3) is 5.91 Å². The molecular weight excluding hydrogens is 406 g/mol. The number of hydrogen-bond acceptors (Lipinski definition) is 8. The summed E-state index contributed by atoms with van der Waals surface area (Å²) in [7, 11) is 0. The van der Waals surface area contributed by atoms with E-state index in [0.717, 1.165) is 25.1 Å². The zero-order chi connectivity index (χ0) is 21.3. The van der Waals surface area contributed by atoms with Crippen LogP contribution in [-0.4, -0.2) is 55.6 Å². The number of nitrogens with two attached hydrogens (primary N) is 1. The lowest BCUT2D eigenvalue weighted by Gasteiger charge is -2.21. The van der Waals surface area contributed by atoms with E-state index in [1.165, 1.54) is 4.90 Å². The highest BCUT2D eigenvalue weighted by Crippen LogP contribution is 2.36. The molecule has 2 saturated heterocycles. The maximum Gasteiger partial charge on any atom is 0.414 e. The summed E-state index contributed by atoms with van der Waals surface area (Å²) >= 11 is 1.55. The summed E-state index contributed by atoms with van der Waals surface area (Å²) in [4.78, 5) is 40.2. The number of hydrogen-bond donors (Lipinski definition) is 2. The van der Waals surface area contributed by atoms with Crippen LogP contribution in [0.1, 0.15) is 19.8 Å². The molecule has 1 aromatic carbocycles. The van der Waals surface area contributed by atoms with E-state index in [2.05, 4.69) is 17.4 Å². The Bertz CT molecular complexity index is 892. The highest BCUT2D eigenvalue weighted by Gasteiger charge is 2.34. The van der Waals surface area contributed by atoms with Gasteiger partial charge in [-0.15, -0.1) is 16.7 Å². The fraction of sp³-hybridized carbons (Fsp3) is 0.500. The minimum atomic E-state index is -0.509. The summed E-state index contributed by atoms with van der Waals surface area (Å²) in [5.41, 5.74) is 7.49. The van der Waals surface area contributed by atoms with E-state index in [0.29, 0.717) is 22.4 Å². The molecule has 2 fully saturated rings. The first-order valence-electron chi connectivity index (χ1n) is 10.1. The van der Waals surface area contributed by atoms with E-state index >= 15 is 0 Å². The third-order valence-electron chi connectivity index (χ3n) is 5.49. The Morgan fingerprint density at radius 3 is 2.90 bits per heavy atom. The number of nitroso groups, excluding NO2 is 1. The summed E-state index contributed by atoms with van der Waals surface area (Å²) in [6, 6.07) is 5.24. The predicted molar refractivity (Wildman–Crippen MR) is 117 cm³/mol. The number of ether oxygens (including phenoxy) is 1. The zero-order valence-electron chi connectivity index (χ0n) is 16.7. The number of allylic oxidation sites excluding steroid dienone is 1. The first-order valence-corrected chi connectivity index (χ1v) is 10.9. The van der Waals surface area contributed by atoms with Crippen LogP contribution in [-0.2, 0) is 9.53 Å². The molecule has 3 aliphatic rings. The Morgan fingerprint density at radius 2 is 2.23 bits per heavy atom. The normalized spacial score (nSPS) is 26.0. The van der Waals surface area contributed by atoms with Crippen LogP contribution in [0.25, 0.3) is 0 Å². The van der Waals surface area contributed by atoms with Gasteiger partial charge in [0.05, 0.1) is 23.7 Å². The fourth-order valence-corrected chi connectivity index (χ4v) is 4.89. The molecular formula is C20H25N5O4S. The molecule has 1 aromatic rings. The van der Waals surface area contributed by atoms with Crippen molar-refractivity contribution in [3.05, 3.63) is 34.1 Å². The van der Waals surface area contributed by atoms with Gasteiger partial charge in [-0.3, -0.25) is 9.69 Å². The molecule has 30 heavy (non-hydrogen) atoms. The molecule has 0 spiro atoms. The number of carbonyl (C=O) groups is 2. The van der Waals surface area contributed by atoms with E-state index in [1.54, 1.807) is 30.0 Å². The molecule has 3 aliphatic heterocycles. The first-order chi connectivity index (χ1) is 14.4. The summed E-state index contributed by atoms with van der Waals surface area (Å²) in [6.45, 7) is 4.03. The summed E-state index contributed by atoms with van der Waals surface area (Å²) in [6.07, 6.45) is 2.70. The number of amides is 2. The lowest BCUT2D eigenvalue weighted by molar-refractivity contribution is -0.117. The lowest BCUT2D eigenvalue weighted by Crippen LogP contribution is -2.34. The average molecular weight is 432 g/mol. The molecule has 3 N–H and O–H groups in total. The van der Waals surface area contributed by atoms with Gasteiger partial charge in [-0.25, -0.2) is 4.79 Å². The highest BCUT2D eigenvalue weighted by atomic mass is 32.2. The second kappa shape index (κ2) is 8.65. The van der Waals surface area contributed by atoms with Crippen molar-refractivity contribution in [3.8, 4) is 0 Å². The smallest absolute Gasteiger partial charge is 0.414 e. The van der Waals surface area contributed by atoms with Crippen LogP contribution >= 0.6 is 11.8 Å². The van der Waals surface area contributed by atoms with Gasteiger partial charge >= 0.3 is 6.09 Å². The van der Waals surface area contributed by atoms with Crippen LogP contribution in [0.5, 0.6) is 0 Å². The molecule has 0 aromatic heterocycles. The average Bonchev–Trinajstić information content (AvgIpc) is 3.45. The molecule has 3 heterocycles. The minimum Gasteiger partial charge on any atom is -0.442 e. The van der Waals surface area contributed by atoms with Crippen molar-refractivity contribution in [2.45, 2.75) is 37.2 Å². The van der Waals surface area contributed by atoms with E-state index in [1.807, 2.05) is 11.0 Å². The highest BCUT2D eigenvalue weighted by molar-refractivity contribution is 8.04. The Kier molecular flexibility index (Phi) is 5.96. The second-order valence-electron chi connectivity index (χ2n) is 7.82. The van der Waals surface area contributed by atoms with Crippen molar-refractivity contribution >= 4 is 40.8 Å². The van der Waals surface area contributed by atoms with Crippen LogP contribution in [0, 0.1) is 4.91 Å². The maximum absolute atomic E-state index is 12.4. The number of cyclic esters (lactones) is 1. The zero-order valence-corrected chi connectivity index (χ0v) is 17.6. The van der Waals surface area contributed by atoms with Crippen LogP contribution in [0.3, 0.4) is 0 Å². The quantitative estimate of drug-likeness (QED) is 0.665. The Hall–Kier alpha value is -2.59. The van der Waals surface area contributed by atoms with Gasteiger partial charge in [0, 0.05) is 30.1 Å². The van der Waals surface area contributed by atoms with Gasteiger partial charge in [-0.2, -0.15) is 0 Å². The number of carbonyl (C=O) groups excluding carboxylic acids is 2. The largest absolute Gasteiger partial charge is 0.442 e. The number of rotatable bonds is 6. The number of nitrogens with one attached hydrogen (secondary N) is 1. The molecule has 0 bridgehead atoms.